The number of aromatic nitrogens is 2. The highest BCUT2D eigenvalue weighted by Gasteiger charge is 2.34. The van der Waals surface area contributed by atoms with Crippen molar-refractivity contribution in [3.63, 3.8) is 0 Å². The number of carbonyl (C=O) groups excluding carboxylic acids is 1. The van der Waals surface area contributed by atoms with Gasteiger partial charge in [-0.15, -0.1) is 0 Å². The number of rotatable bonds is 3. The van der Waals surface area contributed by atoms with Crippen LogP contribution in [0, 0.1) is 13.8 Å². The zero-order valence-corrected chi connectivity index (χ0v) is 14.2. The Morgan fingerprint density at radius 3 is 2.62 bits per heavy atom. The maximum Gasteiger partial charge on any atom is 0.254 e. The van der Waals surface area contributed by atoms with E-state index in [1.165, 1.54) is 12.8 Å². The Hall–Kier alpha value is -2.14. The van der Waals surface area contributed by atoms with E-state index < -0.39 is 0 Å². The number of amides is 1. The average Bonchev–Trinajstić information content (AvgIpc) is 3.10. The Morgan fingerprint density at radius 1 is 1.21 bits per heavy atom. The van der Waals surface area contributed by atoms with Crippen LogP contribution in [0.15, 0.2) is 30.5 Å². The third kappa shape index (κ3) is 2.73. The van der Waals surface area contributed by atoms with Gasteiger partial charge in [-0.1, -0.05) is 18.2 Å². The lowest BCUT2D eigenvalue weighted by Crippen LogP contribution is -2.48. The van der Waals surface area contributed by atoms with Crippen LogP contribution in [0.3, 0.4) is 0 Å². The van der Waals surface area contributed by atoms with Gasteiger partial charge in [0.25, 0.3) is 5.91 Å². The lowest BCUT2D eigenvalue weighted by atomic mass is 9.99. The molecule has 2 bridgehead atoms. The highest BCUT2D eigenvalue weighted by atomic mass is 16.1. The summed E-state index contributed by atoms with van der Waals surface area (Å²) in [6, 6.07) is 9.51. The predicted molar refractivity (Wildman–Crippen MR) is 93.5 cm³/mol. The van der Waals surface area contributed by atoms with Gasteiger partial charge in [0.15, 0.2) is 0 Å². The molecule has 24 heavy (non-hydrogen) atoms. The van der Waals surface area contributed by atoms with Crippen molar-refractivity contribution in [1.29, 1.82) is 0 Å². The molecule has 2 aliphatic heterocycles. The lowest BCUT2D eigenvalue weighted by Gasteiger charge is -2.29. The molecule has 5 nitrogen and oxygen atoms in total. The summed E-state index contributed by atoms with van der Waals surface area (Å²) in [5.41, 5.74) is 3.72. The van der Waals surface area contributed by atoms with E-state index in [2.05, 4.69) is 28.7 Å². The summed E-state index contributed by atoms with van der Waals surface area (Å²) in [6.07, 6.45) is 6.23. The molecule has 2 aromatic rings. The molecule has 0 spiro atoms. The molecule has 0 aliphatic carbocycles. The van der Waals surface area contributed by atoms with E-state index in [4.69, 9.17) is 0 Å². The Kier molecular flexibility index (Phi) is 3.88. The second kappa shape index (κ2) is 6.06. The summed E-state index contributed by atoms with van der Waals surface area (Å²) in [6.45, 7) is 4.02. The van der Waals surface area contributed by atoms with Gasteiger partial charge in [-0.2, -0.15) is 5.10 Å². The minimum absolute atomic E-state index is 0.00126. The molecule has 2 atom stereocenters. The second-order valence-corrected chi connectivity index (χ2v) is 7.12. The van der Waals surface area contributed by atoms with Gasteiger partial charge in [0.05, 0.1) is 23.1 Å². The molecular weight excluding hydrogens is 300 g/mol. The van der Waals surface area contributed by atoms with Crippen molar-refractivity contribution < 1.29 is 4.79 Å². The third-order valence-corrected chi connectivity index (χ3v) is 5.41. The number of benzene rings is 1. The maximum atomic E-state index is 12.7. The molecule has 126 valence electrons. The fourth-order valence-corrected chi connectivity index (χ4v) is 4.11. The van der Waals surface area contributed by atoms with Gasteiger partial charge in [0, 0.05) is 18.1 Å². The van der Waals surface area contributed by atoms with Crippen LogP contribution >= 0.6 is 0 Å². The summed E-state index contributed by atoms with van der Waals surface area (Å²) in [5.74, 6) is -0.00126. The SMILES string of the molecule is Cc1ccccc1-n1ncc(C(=O)NC2CC3CCC(C2)N3)c1C. The quantitative estimate of drug-likeness (QED) is 0.912. The van der Waals surface area contributed by atoms with E-state index in [0.29, 0.717) is 17.6 Å². The van der Waals surface area contributed by atoms with E-state index >= 15 is 0 Å². The van der Waals surface area contributed by atoms with E-state index in [1.807, 2.05) is 29.8 Å². The maximum absolute atomic E-state index is 12.7. The number of fused-ring (bicyclic) bond motifs is 2. The Labute approximate surface area is 142 Å². The molecule has 4 rings (SSSR count). The molecule has 1 aromatic carbocycles. The number of nitrogens with one attached hydrogen (secondary N) is 2. The number of hydrogen-bond acceptors (Lipinski definition) is 3. The minimum Gasteiger partial charge on any atom is -0.349 e. The number of para-hydroxylation sites is 1. The predicted octanol–water partition coefficient (Wildman–Crippen LogP) is 2.50. The monoisotopic (exact) mass is 324 g/mol. The molecular formula is C19H24N4O. The van der Waals surface area contributed by atoms with Gasteiger partial charge >= 0.3 is 0 Å². The number of nitrogens with zero attached hydrogens (tertiary/aromatic N) is 2. The van der Waals surface area contributed by atoms with Crippen molar-refractivity contribution in [2.24, 2.45) is 0 Å². The summed E-state index contributed by atoms with van der Waals surface area (Å²) in [5, 5.41) is 11.3. The average molecular weight is 324 g/mol. The highest BCUT2D eigenvalue weighted by Crippen LogP contribution is 2.27. The first kappa shape index (κ1) is 15.4. The van der Waals surface area contributed by atoms with Crippen molar-refractivity contribution in [1.82, 2.24) is 20.4 Å². The lowest BCUT2D eigenvalue weighted by molar-refractivity contribution is 0.0923. The van der Waals surface area contributed by atoms with Gasteiger partial charge in [0.2, 0.25) is 0 Å². The molecule has 1 aromatic heterocycles. The number of aryl methyl sites for hydroxylation is 1. The molecule has 2 saturated heterocycles. The molecule has 2 fully saturated rings. The number of piperidine rings is 1. The van der Waals surface area contributed by atoms with E-state index in [0.717, 1.165) is 29.8 Å². The molecule has 2 N–H and O–H groups in total. The normalized spacial score (nSPS) is 25.7. The Bertz CT molecular complexity index is 754. The van der Waals surface area contributed by atoms with Gasteiger partial charge in [-0.3, -0.25) is 4.79 Å². The van der Waals surface area contributed by atoms with Crippen LogP contribution in [-0.2, 0) is 0 Å². The van der Waals surface area contributed by atoms with Crippen LogP contribution in [0.1, 0.15) is 47.3 Å². The summed E-state index contributed by atoms with van der Waals surface area (Å²) >= 11 is 0. The molecule has 0 saturated carbocycles. The fraction of sp³-hybridized carbons (Fsp3) is 0.474. The van der Waals surface area contributed by atoms with Crippen molar-refractivity contribution in [3.8, 4) is 5.69 Å². The standard InChI is InChI=1S/C19H24N4O/c1-12-5-3-4-6-18(12)23-13(2)17(11-20-23)19(24)22-16-9-14-7-8-15(10-16)21-14/h3-6,11,14-16,21H,7-10H2,1-2H3,(H,22,24). The largest absolute Gasteiger partial charge is 0.349 e. The van der Waals surface area contributed by atoms with Crippen molar-refractivity contribution in [2.75, 3.05) is 0 Å². The van der Waals surface area contributed by atoms with Crippen LogP contribution in [0.4, 0.5) is 0 Å². The van der Waals surface area contributed by atoms with Gasteiger partial charge in [0.1, 0.15) is 0 Å². The highest BCUT2D eigenvalue weighted by molar-refractivity contribution is 5.95. The molecule has 2 unspecified atom stereocenters. The van der Waals surface area contributed by atoms with E-state index in [1.54, 1.807) is 6.20 Å². The van der Waals surface area contributed by atoms with Crippen molar-refractivity contribution in [2.45, 2.75) is 57.7 Å². The Balaban J connectivity index is 1.52. The van der Waals surface area contributed by atoms with E-state index in [-0.39, 0.29) is 11.9 Å². The molecule has 1 amide bonds. The molecule has 0 radical (unpaired) electrons. The molecule has 3 heterocycles. The fourth-order valence-electron chi connectivity index (χ4n) is 4.11. The van der Waals surface area contributed by atoms with Crippen LogP contribution in [-0.4, -0.2) is 33.8 Å². The van der Waals surface area contributed by atoms with Gasteiger partial charge in [-0.25, -0.2) is 4.68 Å². The van der Waals surface area contributed by atoms with Crippen molar-refractivity contribution >= 4 is 5.91 Å². The molecule has 2 aliphatic rings. The zero-order valence-electron chi connectivity index (χ0n) is 14.2. The van der Waals surface area contributed by atoms with Gasteiger partial charge < -0.3 is 10.6 Å². The summed E-state index contributed by atoms with van der Waals surface area (Å²) in [7, 11) is 0. The number of hydrogen-bond donors (Lipinski definition) is 2. The van der Waals surface area contributed by atoms with Crippen LogP contribution < -0.4 is 10.6 Å². The summed E-state index contributed by atoms with van der Waals surface area (Å²) in [4.78, 5) is 12.7. The first-order valence-corrected chi connectivity index (χ1v) is 8.79. The third-order valence-electron chi connectivity index (χ3n) is 5.41. The van der Waals surface area contributed by atoms with Crippen LogP contribution in [0.25, 0.3) is 5.69 Å². The Morgan fingerprint density at radius 2 is 1.92 bits per heavy atom. The van der Waals surface area contributed by atoms with Gasteiger partial charge in [-0.05, 0) is 51.2 Å². The smallest absolute Gasteiger partial charge is 0.254 e. The van der Waals surface area contributed by atoms with Crippen molar-refractivity contribution in [3.05, 3.63) is 47.3 Å². The summed E-state index contributed by atoms with van der Waals surface area (Å²) < 4.78 is 1.86. The first-order chi connectivity index (χ1) is 11.6. The number of carbonyl (C=O) groups is 1. The minimum atomic E-state index is -0.00126. The molecule has 5 heteroatoms. The van der Waals surface area contributed by atoms with Crippen LogP contribution in [0.5, 0.6) is 0 Å². The topological polar surface area (TPSA) is 59.0 Å². The van der Waals surface area contributed by atoms with Crippen LogP contribution in [0.2, 0.25) is 0 Å². The first-order valence-electron chi connectivity index (χ1n) is 8.79. The zero-order chi connectivity index (χ0) is 16.7. The second-order valence-electron chi connectivity index (χ2n) is 7.12. The van der Waals surface area contributed by atoms with E-state index in [9.17, 15) is 4.79 Å².